The predicted octanol–water partition coefficient (Wildman–Crippen LogP) is 1.72. The van der Waals surface area contributed by atoms with E-state index in [0.29, 0.717) is 24.4 Å². The summed E-state index contributed by atoms with van der Waals surface area (Å²) in [5.41, 5.74) is 0.529. The quantitative estimate of drug-likeness (QED) is 0.635. The molecule has 0 saturated heterocycles. The van der Waals surface area contributed by atoms with Crippen molar-refractivity contribution in [1.82, 2.24) is 14.8 Å². The lowest BCUT2D eigenvalue weighted by atomic mass is 10.2. The van der Waals surface area contributed by atoms with E-state index in [0.717, 1.165) is 0 Å². The van der Waals surface area contributed by atoms with Gasteiger partial charge in [0.05, 0.1) is 4.92 Å². The fraction of sp³-hybridized carbons (Fsp3) is 0.250. The van der Waals surface area contributed by atoms with Crippen LogP contribution in [-0.2, 0) is 11.3 Å². The number of aryl methyl sites for hydroxylation is 1. The molecule has 0 fully saturated rings. The summed E-state index contributed by atoms with van der Waals surface area (Å²) in [5, 5.41) is 23.4. The van der Waals surface area contributed by atoms with Crippen molar-refractivity contribution in [3.63, 3.8) is 0 Å². The van der Waals surface area contributed by atoms with Crippen LogP contribution in [0.15, 0.2) is 30.6 Å². The van der Waals surface area contributed by atoms with Crippen molar-refractivity contribution < 1.29 is 14.8 Å². The second-order valence-electron chi connectivity index (χ2n) is 4.14. The van der Waals surface area contributed by atoms with Crippen LogP contribution in [0.25, 0.3) is 11.4 Å². The summed E-state index contributed by atoms with van der Waals surface area (Å²) in [5.74, 6) is -0.479. The fourth-order valence-corrected chi connectivity index (χ4v) is 1.69. The highest BCUT2D eigenvalue weighted by Crippen LogP contribution is 2.20. The molecule has 0 atom stereocenters. The molecule has 0 amide bonds. The number of nitrogens with zero attached hydrogens (tertiary/aromatic N) is 4. The van der Waals surface area contributed by atoms with Gasteiger partial charge in [-0.25, -0.2) is 4.98 Å². The number of rotatable bonds is 6. The van der Waals surface area contributed by atoms with Crippen molar-refractivity contribution in [2.75, 3.05) is 0 Å². The highest BCUT2D eigenvalue weighted by Gasteiger charge is 2.10. The van der Waals surface area contributed by atoms with Crippen molar-refractivity contribution in [2.45, 2.75) is 19.4 Å². The van der Waals surface area contributed by atoms with E-state index < -0.39 is 10.9 Å². The van der Waals surface area contributed by atoms with Gasteiger partial charge < -0.3 is 5.11 Å². The fourth-order valence-electron chi connectivity index (χ4n) is 1.69. The average Bonchev–Trinajstić information content (AvgIpc) is 2.87. The normalized spacial score (nSPS) is 10.4. The van der Waals surface area contributed by atoms with E-state index in [1.165, 1.54) is 23.1 Å². The zero-order chi connectivity index (χ0) is 14.5. The molecule has 1 N–H and O–H groups in total. The number of aromatic nitrogens is 3. The van der Waals surface area contributed by atoms with Gasteiger partial charge in [0.2, 0.25) is 0 Å². The molecule has 1 heterocycles. The topological polar surface area (TPSA) is 111 Å². The van der Waals surface area contributed by atoms with Crippen LogP contribution in [0.1, 0.15) is 12.8 Å². The molecule has 2 rings (SSSR count). The van der Waals surface area contributed by atoms with Gasteiger partial charge in [-0.15, -0.1) is 0 Å². The van der Waals surface area contributed by atoms with Gasteiger partial charge in [-0.05, 0) is 6.42 Å². The van der Waals surface area contributed by atoms with Crippen molar-refractivity contribution in [3.05, 3.63) is 40.7 Å². The third-order valence-corrected chi connectivity index (χ3v) is 2.63. The Labute approximate surface area is 113 Å². The number of benzene rings is 1. The molecule has 104 valence electrons. The highest BCUT2D eigenvalue weighted by molar-refractivity contribution is 5.66. The number of non-ortho nitro benzene ring substituents is 1. The van der Waals surface area contributed by atoms with Crippen molar-refractivity contribution in [3.8, 4) is 11.4 Å². The first-order valence-corrected chi connectivity index (χ1v) is 5.92. The van der Waals surface area contributed by atoms with Gasteiger partial charge in [0, 0.05) is 30.7 Å². The molecule has 0 bridgehead atoms. The smallest absolute Gasteiger partial charge is 0.303 e. The average molecular weight is 276 g/mol. The molecule has 0 saturated carbocycles. The summed E-state index contributed by atoms with van der Waals surface area (Å²) in [4.78, 5) is 24.7. The third-order valence-electron chi connectivity index (χ3n) is 2.63. The maximum Gasteiger partial charge on any atom is 0.303 e. The molecule has 8 nitrogen and oxygen atoms in total. The van der Waals surface area contributed by atoms with Crippen LogP contribution in [0.2, 0.25) is 0 Å². The lowest BCUT2D eigenvalue weighted by molar-refractivity contribution is -0.384. The molecule has 8 heteroatoms. The zero-order valence-corrected chi connectivity index (χ0v) is 10.5. The maximum atomic E-state index is 10.7. The second-order valence-corrected chi connectivity index (χ2v) is 4.14. The summed E-state index contributed by atoms with van der Waals surface area (Å²) in [6, 6.07) is 6.05. The molecule has 0 aliphatic carbocycles. The summed E-state index contributed by atoms with van der Waals surface area (Å²) in [7, 11) is 0. The predicted molar refractivity (Wildman–Crippen MR) is 69.0 cm³/mol. The Balaban J connectivity index is 2.10. The van der Waals surface area contributed by atoms with Crippen molar-refractivity contribution in [2.24, 2.45) is 0 Å². The summed E-state index contributed by atoms with van der Waals surface area (Å²) in [6.07, 6.45) is 2.00. The van der Waals surface area contributed by atoms with Gasteiger partial charge in [0.25, 0.3) is 5.69 Å². The number of aliphatic carboxylic acids is 1. The Hall–Kier alpha value is -2.77. The SMILES string of the molecule is O=C(O)CCCn1cnc(-c2cccc([N+](=O)[O-])c2)n1. The first kappa shape index (κ1) is 13.7. The lowest BCUT2D eigenvalue weighted by Gasteiger charge is -1.98. The summed E-state index contributed by atoms with van der Waals surface area (Å²) >= 11 is 0. The van der Waals surface area contributed by atoms with Crippen LogP contribution in [0, 0.1) is 10.1 Å². The van der Waals surface area contributed by atoms with Gasteiger partial charge in [0.1, 0.15) is 6.33 Å². The molecular weight excluding hydrogens is 264 g/mol. The van der Waals surface area contributed by atoms with E-state index in [2.05, 4.69) is 10.1 Å². The van der Waals surface area contributed by atoms with Gasteiger partial charge in [-0.2, -0.15) is 5.10 Å². The van der Waals surface area contributed by atoms with Crippen molar-refractivity contribution in [1.29, 1.82) is 0 Å². The minimum Gasteiger partial charge on any atom is -0.481 e. The molecule has 2 aromatic rings. The highest BCUT2D eigenvalue weighted by atomic mass is 16.6. The van der Waals surface area contributed by atoms with Crippen LogP contribution in [0.3, 0.4) is 0 Å². The Morgan fingerprint density at radius 2 is 2.25 bits per heavy atom. The van der Waals surface area contributed by atoms with Gasteiger partial charge in [-0.3, -0.25) is 19.6 Å². The van der Waals surface area contributed by atoms with Crippen LogP contribution < -0.4 is 0 Å². The van der Waals surface area contributed by atoms with E-state index in [1.807, 2.05) is 0 Å². The maximum absolute atomic E-state index is 10.7. The molecule has 0 radical (unpaired) electrons. The molecule has 0 aliphatic heterocycles. The van der Waals surface area contributed by atoms with E-state index in [9.17, 15) is 14.9 Å². The summed E-state index contributed by atoms with van der Waals surface area (Å²) in [6.45, 7) is 0.439. The van der Waals surface area contributed by atoms with Gasteiger partial charge in [0.15, 0.2) is 5.82 Å². The standard InChI is InChI=1S/C12H12N4O4/c17-11(18)5-2-6-15-8-13-12(14-15)9-3-1-4-10(7-9)16(19)20/h1,3-4,7-8H,2,5-6H2,(H,17,18). The van der Waals surface area contributed by atoms with E-state index in [4.69, 9.17) is 5.11 Å². The van der Waals surface area contributed by atoms with Crippen LogP contribution in [-0.4, -0.2) is 30.8 Å². The molecular formula is C12H12N4O4. The minimum atomic E-state index is -0.857. The number of nitro benzene ring substituents is 1. The first-order valence-electron chi connectivity index (χ1n) is 5.92. The Kier molecular flexibility index (Phi) is 4.04. The molecule has 1 aromatic carbocycles. The molecule has 0 unspecified atom stereocenters. The van der Waals surface area contributed by atoms with Gasteiger partial charge in [-0.1, -0.05) is 12.1 Å². The minimum absolute atomic E-state index is 0.0234. The molecule has 1 aromatic heterocycles. The number of carboxylic acid groups (broad SMARTS) is 1. The number of carbonyl (C=O) groups is 1. The monoisotopic (exact) mass is 276 g/mol. The lowest BCUT2D eigenvalue weighted by Crippen LogP contribution is -2.02. The Bertz CT molecular complexity index is 638. The number of hydrogen-bond acceptors (Lipinski definition) is 5. The van der Waals surface area contributed by atoms with E-state index in [1.54, 1.807) is 12.1 Å². The molecule has 0 spiro atoms. The zero-order valence-electron chi connectivity index (χ0n) is 10.5. The third kappa shape index (κ3) is 3.37. The first-order chi connectivity index (χ1) is 9.56. The van der Waals surface area contributed by atoms with E-state index in [-0.39, 0.29) is 12.1 Å². The van der Waals surface area contributed by atoms with E-state index >= 15 is 0 Å². The Morgan fingerprint density at radius 3 is 2.95 bits per heavy atom. The largest absolute Gasteiger partial charge is 0.481 e. The number of nitro groups is 1. The number of carboxylic acids is 1. The second kappa shape index (κ2) is 5.91. The molecule has 0 aliphatic rings. The number of hydrogen-bond donors (Lipinski definition) is 1. The van der Waals surface area contributed by atoms with Crippen molar-refractivity contribution >= 4 is 11.7 Å². The Morgan fingerprint density at radius 1 is 1.45 bits per heavy atom. The van der Waals surface area contributed by atoms with Crippen LogP contribution in [0.4, 0.5) is 5.69 Å². The van der Waals surface area contributed by atoms with Crippen LogP contribution in [0.5, 0.6) is 0 Å². The molecule has 20 heavy (non-hydrogen) atoms. The van der Waals surface area contributed by atoms with Gasteiger partial charge >= 0.3 is 5.97 Å². The van der Waals surface area contributed by atoms with Crippen LogP contribution >= 0.6 is 0 Å². The summed E-state index contributed by atoms with van der Waals surface area (Å²) < 4.78 is 1.52.